The lowest BCUT2D eigenvalue weighted by molar-refractivity contribution is -0.149. The maximum atomic E-state index is 13.3. The summed E-state index contributed by atoms with van der Waals surface area (Å²) in [5, 5.41) is 24.8. The Labute approximate surface area is 209 Å². The summed E-state index contributed by atoms with van der Waals surface area (Å²) < 4.78 is 5.27. The number of aliphatic carboxylic acids is 1. The number of ether oxygens (including phenoxy) is 1. The number of nitrogens with zero attached hydrogens (tertiary/aromatic N) is 1. The van der Waals surface area contributed by atoms with Crippen LogP contribution in [-0.4, -0.2) is 80.5 Å². The van der Waals surface area contributed by atoms with Crippen molar-refractivity contribution in [2.45, 2.75) is 70.9 Å². The number of aliphatic hydroxyl groups excluding tert-OH is 1. The van der Waals surface area contributed by atoms with Crippen LogP contribution in [0.25, 0.3) is 0 Å². The first kappa shape index (κ1) is 28.4. The Hall–Kier alpha value is -2.79. The number of nitrogens with one attached hydrogen (secondary N) is 2. The van der Waals surface area contributed by atoms with Crippen LogP contribution in [0.3, 0.4) is 0 Å². The van der Waals surface area contributed by atoms with Gasteiger partial charge in [0.05, 0.1) is 11.9 Å². The summed E-state index contributed by atoms with van der Waals surface area (Å²) in [6, 6.07) is 6.01. The van der Waals surface area contributed by atoms with Crippen LogP contribution in [0.2, 0.25) is 0 Å². The number of amides is 3. The van der Waals surface area contributed by atoms with Gasteiger partial charge in [0.2, 0.25) is 11.8 Å². The van der Waals surface area contributed by atoms with Crippen LogP contribution in [0.4, 0.5) is 4.79 Å². The number of carbonyl (C=O) groups is 4. The highest BCUT2D eigenvalue weighted by Crippen LogP contribution is 2.24. The van der Waals surface area contributed by atoms with Crippen LogP contribution in [0.1, 0.15) is 40.2 Å². The van der Waals surface area contributed by atoms with Crippen LogP contribution >= 0.6 is 11.8 Å². The number of benzene rings is 1. The van der Waals surface area contributed by atoms with Crippen molar-refractivity contribution in [2.75, 3.05) is 11.6 Å². The van der Waals surface area contributed by atoms with Crippen molar-refractivity contribution in [3.63, 3.8) is 0 Å². The van der Waals surface area contributed by atoms with E-state index >= 15 is 0 Å². The zero-order valence-electron chi connectivity index (χ0n) is 20.7. The molecular formula is C24H35N3O7S. The lowest BCUT2D eigenvalue weighted by Crippen LogP contribution is -2.58. The van der Waals surface area contributed by atoms with Gasteiger partial charge in [0.25, 0.3) is 0 Å². The monoisotopic (exact) mass is 509 g/mol. The molecule has 1 aromatic rings. The molecule has 1 aliphatic heterocycles. The van der Waals surface area contributed by atoms with Crippen molar-refractivity contribution in [3.05, 3.63) is 35.9 Å². The van der Waals surface area contributed by atoms with E-state index in [0.29, 0.717) is 5.75 Å². The lowest BCUT2D eigenvalue weighted by atomic mass is 10.00. The maximum Gasteiger partial charge on any atom is 0.408 e. The number of alkyl carbamates (subject to hydrolysis) is 1. The second-order valence-electron chi connectivity index (χ2n) is 9.78. The molecule has 1 saturated heterocycles. The number of carbonyl (C=O) groups excluding carboxylic acids is 3. The smallest absolute Gasteiger partial charge is 0.408 e. The summed E-state index contributed by atoms with van der Waals surface area (Å²) >= 11 is 1.37. The fraction of sp³-hybridized carbons (Fsp3) is 0.583. The molecule has 0 aliphatic carbocycles. The Bertz CT molecular complexity index is 904. The number of aliphatic hydroxyl groups is 1. The molecule has 3 amide bonds. The van der Waals surface area contributed by atoms with Crippen molar-refractivity contribution < 1.29 is 34.1 Å². The third-order valence-corrected chi connectivity index (χ3v) is 6.35. The molecule has 35 heavy (non-hydrogen) atoms. The first-order chi connectivity index (χ1) is 16.3. The van der Waals surface area contributed by atoms with Gasteiger partial charge < -0.3 is 30.5 Å². The largest absolute Gasteiger partial charge is 0.479 e. The van der Waals surface area contributed by atoms with Crippen LogP contribution in [0.5, 0.6) is 0 Å². The van der Waals surface area contributed by atoms with E-state index < -0.39 is 53.7 Å². The van der Waals surface area contributed by atoms with E-state index in [9.17, 15) is 29.4 Å². The molecule has 194 valence electrons. The van der Waals surface area contributed by atoms with E-state index in [4.69, 9.17) is 4.74 Å². The van der Waals surface area contributed by atoms with Crippen molar-refractivity contribution in [1.29, 1.82) is 0 Å². The van der Waals surface area contributed by atoms with E-state index in [2.05, 4.69) is 10.6 Å². The number of rotatable bonds is 9. The molecule has 0 aromatic heterocycles. The molecule has 11 heteroatoms. The number of hydrogen-bond acceptors (Lipinski definition) is 7. The predicted molar refractivity (Wildman–Crippen MR) is 132 cm³/mol. The van der Waals surface area contributed by atoms with Crippen molar-refractivity contribution in [3.8, 4) is 0 Å². The van der Waals surface area contributed by atoms with E-state index in [1.807, 2.05) is 0 Å². The summed E-state index contributed by atoms with van der Waals surface area (Å²) in [6.07, 6.45) is -2.46. The zero-order valence-corrected chi connectivity index (χ0v) is 21.5. The maximum absolute atomic E-state index is 13.3. The molecule has 1 unspecified atom stereocenters. The zero-order chi connectivity index (χ0) is 26.3. The first-order valence-corrected chi connectivity index (χ1v) is 12.6. The van der Waals surface area contributed by atoms with Crippen LogP contribution in [0.15, 0.2) is 30.3 Å². The van der Waals surface area contributed by atoms with Crippen molar-refractivity contribution in [1.82, 2.24) is 15.5 Å². The second-order valence-corrected chi connectivity index (χ2v) is 10.8. The van der Waals surface area contributed by atoms with Crippen LogP contribution in [-0.2, 0) is 25.5 Å². The van der Waals surface area contributed by atoms with Crippen LogP contribution < -0.4 is 10.6 Å². The SMILES string of the molecule is CC(C)[C@H](NC(=O)OC(C)(C)C)C(=O)N1CSC[C@H]1C(=O)N[C@@H](Cc1ccccc1)C(O)C(=O)O. The van der Waals surface area contributed by atoms with Gasteiger partial charge in [0.15, 0.2) is 6.10 Å². The van der Waals surface area contributed by atoms with Gasteiger partial charge in [0, 0.05) is 5.75 Å². The fourth-order valence-corrected chi connectivity index (χ4v) is 4.73. The number of thioether (sulfide) groups is 1. The van der Waals surface area contributed by atoms with E-state index in [0.717, 1.165) is 5.56 Å². The van der Waals surface area contributed by atoms with Gasteiger partial charge in [-0.05, 0) is 38.7 Å². The summed E-state index contributed by atoms with van der Waals surface area (Å²) in [5.41, 5.74) is 0.00697. The molecule has 0 saturated carbocycles. The molecule has 1 heterocycles. The molecule has 1 aliphatic rings. The third-order valence-electron chi connectivity index (χ3n) is 5.33. The van der Waals surface area contributed by atoms with Gasteiger partial charge in [-0.2, -0.15) is 0 Å². The van der Waals surface area contributed by atoms with Gasteiger partial charge in [0.1, 0.15) is 17.7 Å². The molecule has 2 rings (SSSR count). The second kappa shape index (κ2) is 12.3. The highest BCUT2D eigenvalue weighted by atomic mass is 32.2. The van der Waals surface area contributed by atoms with E-state index in [1.165, 1.54) is 16.7 Å². The van der Waals surface area contributed by atoms with Crippen molar-refractivity contribution in [2.24, 2.45) is 5.92 Å². The van der Waals surface area contributed by atoms with Gasteiger partial charge in [-0.3, -0.25) is 9.59 Å². The molecule has 10 nitrogen and oxygen atoms in total. The number of carboxylic acid groups (broad SMARTS) is 1. The molecule has 0 radical (unpaired) electrons. The summed E-state index contributed by atoms with van der Waals surface area (Å²) in [7, 11) is 0. The number of carboxylic acids is 1. The molecule has 4 N–H and O–H groups in total. The molecule has 1 fully saturated rings. The van der Waals surface area contributed by atoms with Gasteiger partial charge >= 0.3 is 12.1 Å². The first-order valence-electron chi connectivity index (χ1n) is 11.4. The topological polar surface area (TPSA) is 145 Å². The molecular weight excluding hydrogens is 474 g/mol. The van der Waals surface area contributed by atoms with Crippen LogP contribution in [0, 0.1) is 5.92 Å². The normalized spacial score (nSPS) is 18.5. The average molecular weight is 510 g/mol. The summed E-state index contributed by atoms with van der Waals surface area (Å²) in [5.74, 6) is -2.19. The van der Waals surface area contributed by atoms with E-state index in [1.54, 1.807) is 65.0 Å². The van der Waals surface area contributed by atoms with Gasteiger partial charge in [-0.15, -0.1) is 11.8 Å². The average Bonchev–Trinajstić information content (AvgIpc) is 3.25. The predicted octanol–water partition coefficient (Wildman–Crippen LogP) is 1.61. The Balaban J connectivity index is 2.15. The summed E-state index contributed by atoms with van der Waals surface area (Å²) in [4.78, 5) is 51.6. The Morgan fingerprint density at radius 2 is 1.77 bits per heavy atom. The minimum Gasteiger partial charge on any atom is -0.479 e. The molecule has 4 atom stereocenters. The summed E-state index contributed by atoms with van der Waals surface area (Å²) in [6.45, 7) is 8.70. The minimum atomic E-state index is -1.82. The van der Waals surface area contributed by atoms with Gasteiger partial charge in [-0.1, -0.05) is 44.2 Å². The highest BCUT2D eigenvalue weighted by Gasteiger charge is 2.41. The minimum absolute atomic E-state index is 0.0999. The van der Waals surface area contributed by atoms with Crippen molar-refractivity contribution >= 4 is 35.6 Å². The van der Waals surface area contributed by atoms with Gasteiger partial charge in [-0.25, -0.2) is 9.59 Å². The standard InChI is InChI=1S/C24H35N3O7S/c1-14(2)18(26-23(33)34-24(3,4)5)21(30)27-13-35-12-17(27)20(29)25-16(19(28)22(31)32)11-15-9-7-6-8-10-15/h6-10,14,16-19,28H,11-13H2,1-5H3,(H,25,29)(H,26,33)(H,31,32)/t16-,17-,18-,19?/m0/s1. The Morgan fingerprint density at radius 1 is 1.14 bits per heavy atom. The molecule has 0 spiro atoms. The quantitative estimate of drug-likeness (QED) is 0.393. The number of hydrogen-bond donors (Lipinski definition) is 4. The molecule has 1 aromatic carbocycles. The fourth-order valence-electron chi connectivity index (χ4n) is 3.56. The Morgan fingerprint density at radius 3 is 2.31 bits per heavy atom. The molecule has 0 bridgehead atoms. The van der Waals surface area contributed by atoms with E-state index in [-0.39, 0.29) is 18.2 Å². The Kier molecular flexibility index (Phi) is 9.96. The lowest BCUT2D eigenvalue weighted by Gasteiger charge is -2.31. The highest BCUT2D eigenvalue weighted by molar-refractivity contribution is 7.99. The third kappa shape index (κ3) is 8.43.